The maximum absolute atomic E-state index is 6.02. The molecule has 0 bridgehead atoms. The summed E-state index contributed by atoms with van der Waals surface area (Å²) in [6, 6.07) is 0.644. The predicted octanol–water partition coefficient (Wildman–Crippen LogP) is 2.65. The lowest BCUT2D eigenvalue weighted by molar-refractivity contribution is -0.193. The summed E-state index contributed by atoms with van der Waals surface area (Å²) in [6.07, 6.45) is 8.57. The molecule has 1 saturated heterocycles. The van der Waals surface area contributed by atoms with E-state index in [4.69, 9.17) is 4.74 Å². The van der Waals surface area contributed by atoms with Crippen LogP contribution in [0.1, 0.15) is 52.4 Å². The Morgan fingerprint density at radius 2 is 1.85 bits per heavy atom. The van der Waals surface area contributed by atoms with Crippen LogP contribution in [0.15, 0.2) is 0 Å². The standard InChI is InChI=1S/C17H32N2O/c1-16(2)14(13-8-7-11-20-15(13)16)18-12-17(19(3)4)9-5-6-10-17/h13-15,18H,5-12H2,1-4H3. The molecule has 0 amide bonds. The van der Waals surface area contributed by atoms with Gasteiger partial charge >= 0.3 is 0 Å². The molecule has 0 aromatic rings. The van der Waals surface area contributed by atoms with E-state index < -0.39 is 0 Å². The molecule has 1 N–H and O–H groups in total. The number of rotatable bonds is 4. The molecule has 3 fully saturated rings. The third-order valence-electron chi connectivity index (χ3n) is 6.47. The number of hydrogen-bond acceptors (Lipinski definition) is 3. The van der Waals surface area contributed by atoms with Crippen LogP contribution in [0, 0.1) is 11.3 Å². The molecule has 3 unspecified atom stereocenters. The lowest BCUT2D eigenvalue weighted by atomic mass is 9.55. The summed E-state index contributed by atoms with van der Waals surface area (Å²) < 4.78 is 6.02. The van der Waals surface area contributed by atoms with Crippen LogP contribution in [0.5, 0.6) is 0 Å². The van der Waals surface area contributed by atoms with E-state index in [1.165, 1.54) is 38.5 Å². The second-order valence-electron chi connectivity index (χ2n) is 8.10. The number of ether oxygens (including phenoxy) is 1. The highest BCUT2D eigenvalue weighted by Crippen LogP contribution is 2.51. The summed E-state index contributed by atoms with van der Waals surface area (Å²) in [5.41, 5.74) is 0.702. The van der Waals surface area contributed by atoms with E-state index in [9.17, 15) is 0 Å². The van der Waals surface area contributed by atoms with Gasteiger partial charge in [-0.15, -0.1) is 0 Å². The van der Waals surface area contributed by atoms with Gasteiger partial charge in [0.05, 0.1) is 6.10 Å². The number of nitrogens with one attached hydrogen (secondary N) is 1. The van der Waals surface area contributed by atoms with Gasteiger partial charge in [-0.3, -0.25) is 0 Å². The Morgan fingerprint density at radius 1 is 1.15 bits per heavy atom. The first-order valence-electron chi connectivity index (χ1n) is 8.50. The third kappa shape index (κ3) is 2.22. The molecule has 0 spiro atoms. The van der Waals surface area contributed by atoms with Crippen LogP contribution >= 0.6 is 0 Å². The fourth-order valence-corrected chi connectivity index (χ4v) is 5.05. The van der Waals surface area contributed by atoms with Crippen molar-refractivity contribution in [3.63, 3.8) is 0 Å². The maximum atomic E-state index is 6.02. The van der Waals surface area contributed by atoms with Gasteiger partial charge in [0.1, 0.15) is 0 Å². The van der Waals surface area contributed by atoms with Crippen molar-refractivity contribution in [2.75, 3.05) is 27.2 Å². The molecule has 3 atom stereocenters. The van der Waals surface area contributed by atoms with Gasteiger partial charge in [0, 0.05) is 36.1 Å². The Morgan fingerprint density at radius 3 is 2.50 bits per heavy atom. The van der Waals surface area contributed by atoms with E-state index in [0.717, 1.165) is 19.1 Å². The molecule has 3 aliphatic rings. The Kier molecular flexibility index (Phi) is 3.89. The highest BCUT2D eigenvalue weighted by molar-refractivity contribution is 5.11. The van der Waals surface area contributed by atoms with Crippen molar-refractivity contribution in [2.24, 2.45) is 11.3 Å². The van der Waals surface area contributed by atoms with Crippen molar-refractivity contribution in [1.29, 1.82) is 0 Å². The number of hydrogen-bond donors (Lipinski definition) is 1. The second-order valence-corrected chi connectivity index (χ2v) is 8.10. The van der Waals surface area contributed by atoms with Crippen molar-refractivity contribution >= 4 is 0 Å². The molecule has 0 radical (unpaired) electrons. The van der Waals surface area contributed by atoms with E-state index in [1.54, 1.807) is 0 Å². The van der Waals surface area contributed by atoms with Gasteiger partial charge in [-0.25, -0.2) is 0 Å². The van der Waals surface area contributed by atoms with Crippen molar-refractivity contribution in [2.45, 2.75) is 70.1 Å². The topological polar surface area (TPSA) is 24.5 Å². The average molecular weight is 280 g/mol. The Balaban J connectivity index is 1.63. The second kappa shape index (κ2) is 5.26. The Labute approximate surface area is 124 Å². The summed E-state index contributed by atoms with van der Waals surface area (Å²) in [4.78, 5) is 2.47. The zero-order valence-corrected chi connectivity index (χ0v) is 13.7. The van der Waals surface area contributed by atoms with Crippen LogP contribution in [-0.4, -0.2) is 49.8 Å². The smallest absolute Gasteiger partial charge is 0.0684 e. The minimum atomic E-state index is 0.303. The molecular formula is C17H32N2O. The van der Waals surface area contributed by atoms with E-state index in [1.807, 2.05) is 0 Å². The molecule has 3 rings (SSSR count). The molecule has 0 aromatic carbocycles. The zero-order valence-electron chi connectivity index (χ0n) is 13.7. The highest BCUT2D eigenvalue weighted by Gasteiger charge is 2.58. The molecule has 0 aromatic heterocycles. The molecule has 1 heterocycles. The monoisotopic (exact) mass is 280 g/mol. The molecular weight excluding hydrogens is 248 g/mol. The van der Waals surface area contributed by atoms with Crippen LogP contribution in [0.2, 0.25) is 0 Å². The van der Waals surface area contributed by atoms with Crippen LogP contribution < -0.4 is 5.32 Å². The SMILES string of the molecule is CN(C)C1(CNC2C3CCCOC3C2(C)C)CCCC1. The largest absolute Gasteiger partial charge is 0.377 e. The van der Waals surface area contributed by atoms with Gasteiger partial charge in [0.2, 0.25) is 0 Å². The fourth-order valence-electron chi connectivity index (χ4n) is 5.05. The van der Waals surface area contributed by atoms with Crippen molar-refractivity contribution < 1.29 is 4.74 Å². The Hall–Kier alpha value is -0.120. The number of likely N-dealkylation sites (N-methyl/N-ethyl adjacent to an activating group) is 1. The molecule has 3 heteroatoms. The van der Waals surface area contributed by atoms with Gasteiger partial charge < -0.3 is 15.0 Å². The van der Waals surface area contributed by atoms with Crippen LogP contribution in [-0.2, 0) is 4.74 Å². The fraction of sp³-hybridized carbons (Fsp3) is 1.00. The number of fused-ring (bicyclic) bond motifs is 1. The van der Waals surface area contributed by atoms with Crippen molar-refractivity contribution in [1.82, 2.24) is 10.2 Å². The van der Waals surface area contributed by atoms with Gasteiger partial charge in [0.15, 0.2) is 0 Å². The van der Waals surface area contributed by atoms with Crippen LogP contribution in [0.3, 0.4) is 0 Å². The summed E-state index contributed by atoms with van der Waals surface area (Å²) >= 11 is 0. The van der Waals surface area contributed by atoms with E-state index in [-0.39, 0.29) is 0 Å². The molecule has 3 nitrogen and oxygen atoms in total. The predicted molar refractivity (Wildman–Crippen MR) is 82.9 cm³/mol. The van der Waals surface area contributed by atoms with E-state index in [0.29, 0.717) is 23.1 Å². The maximum Gasteiger partial charge on any atom is 0.0684 e. The van der Waals surface area contributed by atoms with Gasteiger partial charge in [-0.05, 0) is 39.8 Å². The Bertz CT molecular complexity index is 347. The molecule has 1 aliphatic heterocycles. The molecule has 116 valence electrons. The third-order valence-corrected chi connectivity index (χ3v) is 6.47. The summed E-state index contributed by atoms with van der Waals surface area (Å²) in [7, 11) is 4.51. The van der Waals surface area contributed by atoms with Gasteiger partial charge in [-0.1, -0.05) is 26.7 Å². The molecule has 2 saturated carbocycles. The molecule has 2 aliphatic carbocycles. The minimum absolute atomic E-state index is 0.303. The van der Waals surface area contributed by atoms with Crippen molar-refractivity contribution in [3.05, 3.63) is 0 Å². The van der Waals surface area contributed by atoms with Gasteiger partial charge in [-0.2, -0.15) is 0 Å². The van der Waals surface area contributed by atoms with Crippen LogP contribution in [0.25, 0.3) is 0 Å². The normalized spacial score (nSPS) is 38.5. The lowest BCUT2D eigenvalue weighted by Gasteiger charge is -2.60. The quantitative estimate of drug-likeness (QED) is 0.857. The number of nitrogens with zero attached hydrogens (tertiary/aromatic N) is 1. The minimum Gasteiger partial charge on any atom is -0.377 e. The van der Waals surface area contributed by atoms with E-state index >= 15 is 0 Å². The van der Waals surface area contributed by atoms with Gasteiger partial charge in [0.25, 0.3) is 0 Å². The van der Waals surface area contributed by atoms with E-state index in [2.05, 4.69) is 38.2 Å². The van der Waals surface area contributed by atoms with Crippen LogP contribution in [0.4, 0.5) is 0 Å². The lowest BCUT2D eigenvalue weighted by Crippen LogP contribution is -2.70. The first-order chi connectivity index (χ1) is 9.47. The summed E-state index contributed by atoms with van der Waals surface area (Å²) in [6.45, 7) is 6.89. The zero-order chi connectivity index (χ0) is 14.4. The summed E-state index contributed by atoms with van der Waals surface area (Å²) in [5.74, 6) is 0.749. The van der Waals surface area contributed by atoms with Crippen molar-refractivity contribution in [3.8, 4) is 0 Å². The first-order valence-corrected chi connectivity index (χ1v) is 8.50. The first kappa shape index (κ1) is 14.8. The summed E-state index contributed by atoms with van der Waals surface area (Å²) in [5, 5.41) is 3.95. The molecule has 20 heavy (non-hydrogen) atoms. The average Bonchev–Trinajstić information content (AvgIpc) is 2.89. The highest BCUT2D eigenvalue weighted by atomic mass is 16.5.